The Morgan fingerprint density at radius 3 is 2.61 bits per heavy atom. The molecule has 0 unspecified atom stereocenters. The van der Waals surface area contributed by atoms with Gasteiger partial charge in [0.1, 0.15) is 0 Å². The number of nitrogens with one attached hydrogen (secondary N) is 1. The fourth-order valence-corrected chi connectivity index (χ4v) is 5.09. The van der Waals surface area contributed by atoms with Crippen LogP contribution in [0.5, 0.6) is 0 Å². The zero-order valence-corrected chi connectivity index (χ0v) is 14.5. The number of halogens is 1. The summed E-state index contributed by atoms with van der Waals surface area (Å²) >= 11 is 6.16. The third-order valence-corrected chi connectivity index (χ3v) is 6.72. The summed E-state index contributed by atoms with van der Waals surface area (Å²) in [7, 11) is -3.30. The van der Waals surface area contributed by atoms with Gasteiger partial charge >= 0.3 is 0 Å². The van der Waals surface area contributed by atoms with E-state index in [9.17, 15) is 13.2 Å². The Labute approximate surface area is 142 Å². The smallest absolute Gasteiger partial charge is 0.253 e. The Hall–Kier alpha value is -1.27. The van der Waals surface area contributed by atoms with Crippen LogP contribution in [-0.2, 0) is 10.0 Å². The monoisotopic (exact) mass is 356 g/mol. The van der Waals surface area contributed by atoms with Gasteiger partial charge in [-0.15, -0.1) is 0 Å². The highest BCUT2D eigenvalue weighted by Gasteiger charge is 2.27. The van der Waals surface area contributed by atoms with Crippen molar-refractivity contribution in [2.45, 2.75) is 44.6 Å². The molecule has 1 aromatic rings. The van der Waals surface area contributed by atoms with Crippen molar-refractivity contribution in [3.63, 3.8) is 0 Å². The molecule has 7 heteroatoms. The number of benzene rings is 1. The summed E-state index contributed by atoms with van der Waals surface area (Å²) in [5, 5.41) is 3.34. The fraction of sp³-hybridized carbons (Fsp3) is 0.562. The summed E-state index contributed by atoms with van der Waals surface area (Å²) in [4.78, 5) is 12.5. The first-order valence-electron chi connectivity index (χ1n) is 8.08. The van der Waals surface area contributed by atoms with E-state index < -0.39 is 10.0 Å². The molecule has 2 aliphatic rings. The Morgan fingerprint density at radius 1 is 1.17 bits per heavy atom. The van der Waals surface area contributed by atoms with Crippen molar-refractivity contribution in [3.05, 3.63) is 28.8 Å². The van der Waals surface area contributed by atoms with Crippen LogP contribution in [0.25, 0.3) is 0 Å². The zero-order valence-electron chi connectivity index (χ0n) is 12.9. The molecule has 2 fully saturated rings. The van der Waals surface area contributed by atoms with Gasteiger partial charge in [0.05, 0.1) is 22.0 Å². The van der Waals surface area contributed by atoms with Crippen LogP contribution in [0, 0.1) is 0 Å². The molecular formula is C16H21ClN2O3S. The summed E-state index contributed by atoms with van der Waals surface area (Å²) in [6.45, 7) is 0.452. The lowest BCUT2D eigenvalue weighted by Crippen LogP contribution is -2.38. The number of hydrogen-bond acceptors (Lipinski definition) is 3. The third-order valence-electron chi connectivity index (χ3n) is 4.52. The van der Waals surface area contributed by atoms with Gasteiger partial charge in [-0.05, 0) is 43.9 Å². The van der Waals surface area contributed by atoms with Crippen molar-refractivity contribution in [1.82, 2.24) is 5.32 Å². The van der Waals surface area contributed by atoms with Crippen LogP contribution in [0.3, 0.4) is 0 Å². The molecule has 1 aromatic carbocycles. The van der Waals surface area contributed by atoms with E-state index >= 15 is 0 Å². The van der Waals surface area contributed by atoms with Gasteiger partial charge in [-0.1, -0.05) is 24.4 Å². The number of carbonyl (C=O) groups is 1. The quantitative estimate of drug-likeness (QED) is 0.905. The molecule has 0 aromatic heterocycles. The van der Waals surface area contributed by atoms with Gasteiger partial charge in [-0.3, -0.25) is 9.10 Å². The highest BCUT2D eigenvalue weighted by Crippen LogP contribution is 2.28. The molecule has 126 valence electrons. The Morgan fingerprint density at radius 2 is 1.91 bits per heavy atom. The zero-order chi connectivity index (χ0) is 16.4. The Kier molecular flexibility index (Phi) is 4.82. The summed E-state index contributed by atoms with van der Waals surface area (Å²) in [6.07, 6.45) is 5.75. The van der Waals surface area contributed by atoms with E-state index in [-0.39, 0.29) is 17.7 Å². The summed E-state index contributed by atoms with van der Waals surface area (Å²) < 4.78 is 25.8. The predicted molar refractivity (Wildman–Crippen MR) is 91.5 cm³/mol. The van der Waals surface area contributed by atoms with Crippen molar-refractivity contribution >= 4 is 33.2 Å². The van der Waals surface area contributed by atoms with E-state index in [2.05, 4.69) is 5.32 Å². The van der Waals surface area contributed by atoms with Gasteiger partial charge in [0, 0.05) is 12.6 Å². The topological polar surface area (TPSA) is 66.5 Å². The van der Waals surface area contributed by atoms with Crippen molar-refractivity contribution < 1.29 is 13.2 Å². The molecule has 0 atom stereocenters. The number of rotatable bonds is 3. The van der Waals surface area contributed by atoms with Crippen LogP contribution in [0.15, 0.2) is 18.2 Å². The third kappa shape index (κ3) is 3.63. The van der Waals surface area contributed by atoms with E-state index in [0.717, 1.165) is 32.1 Å². The van der Waals surface area contributed by atoms with E-state index in [4.69, 9.17) is 11.6 Å². The molecule has 1 saturated carbocycles. The van der Waals surface area contributed by atoms with Gasteiger partial charge in [0.2, 0.25) is 10.0 Å². The molecule has 0 bridgehead atoms. The molecule has 1 N–H and O–H groups in total. The van der Waals surface area contributed by atoms with Crippen LogP contribution in [0.1, 0.15) is 48.9 Å². The molecule has 1 amide bonds. The second-order valence-corrected chi connectivity index (χ2v) is 8.63. The van der Waals surface area contributed by atoms with Gasteiger partial charge in [0.15, 0.2) is 0 Å². The van der Waals surface area contributed by atoms with E-state index in [1.54, 1.807) is 18.2 Å². The molecule has 1 aliphatic heterocycles. The summed E-state index contributed by atoms with van der Waals surface area (Å²) in [6, 6.07) is 5.05. The molecule has 0 radical (unpaired) electrons. The molecule has 0 spiro atoms. The minimum atomic E-state index is -3.30. The maximum absolute atomic E-state index is 12.5. The number of sulfonamides is 1. The molecule has 23 heavy (non-hydrogen) atoms. The maximum Gasteiger partial charge on any atom is 0.253 e. The lowest BCUT2D eigenvalue weighted by Gasteiger charge is -2.28. The number of carbonyl (C=O) groups excluding carboxylic acids is 1. The molecule has 1 aliphatic carbocycles. The fourth-order valence-electron chi connectivity index (χ4n) is 3.25. The lowest BCUT2D eigenvalue weighted by molar-refractivity contribution is 0.0938. The van der Waals surface area contributed by atoms with Gasteiger partial charge in [0.25, 0.3) is 5.91 Å². The average molecular weight is 357 g/mol. The van der Waals surface area contributed by atoms with E-state index in [1.807, 2.05) is 0 Å². The maximum atomic E-state index is 12.5. The van der Waals surface area contributed by atoms with Crippen LogP contribution in [-0.4, -0.2) is 32.7 Å². The van der Waals surface area contributed by atoms with Gasteiger partial charge in [-0.25, -0.2) is 8.42 Å². The highest BCUT2D eigenvalue weighted by molar-refractivity contribution is 7.92. The standard InChI is InChI=1S/C16H21ClN2O3S/c17-15-8-7-13(19-9-3-4-10-23(19,21)22)11-14(15)16(20)18-12-5-1-2-6-12/h7-8,11-12H,1-6,9-10H2,(H,18,20). The van der Waals surface area contributed by atoms with Crippen LogP contribution < -0.4 is 9.62 Å². The Balaban J connectivity index is 1.85. The molecule has 1 saturated heterocycles. The minimum Gasteiger partial charge on any atom is -0.349 e. The summed E-state index contributed by atoms with van der Waals surface area (Å²) in [5.74, 6) is -0.0719. The van der Waals surface area contributed by atoms with Crippen molar-refractivity contribution in [2.75, 3.05) is 16.6 Å². The minimum absolute atomic E-state index is 0.152. The van der Waals surface area contributed by atoms with Crippen LogP contribution in [0.2, 0.25) is 5.02 Å². The second-order valence-electron chi connectivity index (χ2n) is 6.21. The molecule has 5 nitrogen and oxygen atoms in total. The molecular weight excluding hydrogens is 336 g/mol. The second kappa shape index (κ2) is 6.69. The SMILES string of the molecule is O=C(NC1CCCC1)c1cc(N2CCCCS2(=O)=O)ccc1Cl. The Bertz CT molecular complexity index is 699. The van der Waals surface area contributed by atoms with Crippen molar-refractivity contribution in [1.29, 1.82) is 0 Å². The number of amides is 1. The van der Waals surface area contributed by atoms with Gasteiger partial charge < -0.3 is 5.32 Å². The van der Waals surface area contributed by atoms with Crippen molar-refractivity contribution in [3.8, 4) is 0 Å². The van der Waals surface area contributed by atoms with E-state index in [0.29, 0.717) is 29.2 Å². The first-order valence-corrected chi connectivity index (χ1v) is 10.1. The lowest BCUT2D eigenvalue weighted by atomic mass is 10.1. The van der Waals surface area contributed by atoms with Gasteiger partial charge in [-0.2, -0.15) is 0 Å². The number of anilines is 1. The largest absolute Gasteiger partial charge is 0.349 e. The molecule has 1 heterocycles. The molecule has 3 rings (SSSR count). The van der Waals surface area contributed by atoms with Crippen LogP contribution in [0.4, 0.5) is 5.69 Å². The predicted octanol–water partition coefficient (Wildman–Crippen LogP) is 2.94. The van der Waals surface area contributed by atoms with E-state index in [1.165, 1.54) is 4.31 Å². The highest BCUT2D eigenvalue weighted by atomic mass is 35.5. The first-order chi connectivity index (χ1) is 11.0. The normalized spacial score (nSPS) is 21.3. The summed E-state index contributed by atoms with van der Waals surface area (Å²) in [5.41, 5.74) is 0.863. The average Bonchev–Trinajstić information content (AvgIpc) is 3.00. The van der Waals surface area contributed by atoms with Crippen molar-refractivity contribution in [2.24, 2.45) is 0 Å². The number of hydrogen-bond donors (Lipinski definition) is 1. The number of nitrogens with zero attached hydrogens (tertiary/aromatic N) is 1. The van der Waals surface area contributed by atoms with Crippen LogP contribution >= 0.6 is 11.6 Å². The first kappa shape index (κ1) is 16.6.